The van der Waals surface area contributed by atoms with Crippen LogP contribution in [0.25, 0.3) is 11.4 Å². The molecule has 2 N–H and O–H groups in total. The summed E-state index contributed by atoms with van der Waals surface area (Å²) in [5, 5.41) is 6.74. The number of hydrogen-bond acceptors (Lipinski definition) is 9. The summed E-state index contributed by atoms with van der Waals surface area (Å²) in [6.07, 6.45) is 1.64. The zero-order valence-electron chi connectivity index (χ0n) is 25.9. The molecule has 1 atom stereocenters. The van der Waals surface area contributed by atoms with E-state index in [2.05, 4.69) is 49.6 Å². The van der Waals surface area contributed by atoms with Crippen molar-refractivity contribution in [1.82, 2.24) is 25.1 Å². The van der Waals surface area contributed by atoms with E-state index in [0.717, 1.165) is 37.6 Å². The van der Waals surface area contributed by atoms with Crippen LogP contribution in [0.5, 0.6) is 0 Å². The summed E-state index contributed by atoms with van der Waals surface area (Å²) >= 11 is 6.13. The van der Waals surface area contributed by atoms with E-state index in [1.807, 2.05) is 53.4 Å². The number of furan rings is 1. The summed E-state index contributed by atoms with van der Waals surface area (Å²) in [6.45, 7) is 8.07. The molecule has 2 saturated heterocycles. The van der Waals surface area contributed by atoms with E-state index < -0.39 is 6.04 Å². The highest BCUT2D eigenvalue weighted by molar-refractivity contribution is 6.30. The van der Waals surface area contributed by atoms with Crippen molar-refractivity contribution in [1.29, 1.82) is 0 Å². The first-order valence-electron chi connectivity index (χ1n) is 15.7. The minimum Gasteiger partial charge on any atom is -0.467 e. The van der Waals surface area contributed by atoms with Crippen molar-refractivity contribution >= 4 is 40.7 Å². The van der Waals surface area contributed by atoms with Crippen molar-refractivity contribution in [3.63, 3.8) is 0 Å². The van der Waals surface area contributed by atoms with Crippen LogP contribution in [-0.4, -0.2) is 97.0 Å². The largest absolute Gasteiger partial charge is 0.467 e. The number of hydrogen-bond donors (Lipinski definition) is 2. The van der Waals surface area contributed by atoms with Crippen molar-refractivity contribution < 1.29 is 14.0 Å². The summed E-state index contributed by atoms with van der Waals surface area (Å²) < 4.78 is 5.82. The van der Waals surface area contributed by atoms with E-state index in [1.165, 1.54) is 12.6 Å². The summed E-state index contributed by atoms with van der Waals surface area (Å²) in [6, 6.07) is 23.0. The number of rotatable bonds is 10. The highest BCUT2D eigenvalue weighted by Crippen LogP contribution is 2.29. The molecule has 4 aromatic rings. The van der Waals surface area contributed by atoms with Crippen LogP contribution in [0.2, 0.25) is 5.02 Å². The van der Waals surface area contributed by atoms with Crippen molar-refractivity contribution in [2.24, 2.45) is 0 Å². The number of nitrogens with zero attached hydrogens (tertiary/aromatic N) is 6. The summed E-state index contributed by atoms with van der Waals surface area (Å²) in [7, 11) is 0. The molecular formula is C34H39ClN8O3. The molecule has 240 valence electrons. The number of carbonyl (C=O) groups is 2. The second kappa shape index (κ2) is 14.7. The lowest BCUT2D eigenvalue weighted by atomic mass is 10.1. The molecule has 0 saturated carbocycles. The Bertz CT molecular complexity index is 1590. The van der Waals surface area contributed by atoms with Crippen molar-refractivity contribution in [3.8, 4) is 11.4 Å². The van der Waals surface area contributed by atoms with Gasteiger partial charge in [0.1, 0.15) is 23.4 Å². The molecule has 0 spiro atoms. The van der Waals surface area contributed by atoms with Gasteiger partial charge in [-0.1, -0.05) is 29.8 Å². The zero-order valence-corrected chi connectivity index (χ0v) is 26.7. The molecule has 2 aliphatic rings. The van der Waals surface area contributed by atoms with Crippen LogP contribution in [0, 0.1) is 0 Å². The van der Waals surface area contributed by atoms with Gasteiger partial charge in [0, 0.05) is 94.7 Å². The molecule has 46 heavy (non-hydrogen) atoms. The number of benzene rings is 2. The molecule has 4 heterocycles. The van der Waals surface area contributed by atoms with E-state index in [4.69, 9.17) is 26.0 Å². The van der Waals surface area contributed by atoms with E-state index in [-0.39, 0.29) is 11.8 Å². The lowest BCUT2D eigenvalue weighted by Gasteiger charge is -2.42. The number of piperazine rings is 2. The Morgan fingerprint density at radius 3 is 2.24 bits per heavy atom. The van der Waals surface area contributed by atoms with Gasteiger partial charge in [-0.3, -0.25) is 14.5 Å². The molecular weight excluding hydrogens is 604 g/mol. The van der Waals surface area contributed by atoms with E-state index in [1.54, 1.807) is 6.26 Å². The third kappa shape index (κ3) is 7.60. The predicted molar refractivity (Wildman–Crippen MR) is 180 cm³/mol. The molecule has 2 aromatic carbocycles. The molecule has 2 amide bonds. The summed E-state index contributed by atoms with van der Waals surface area (Å²) in [4.78, 5) is 43.8. The van der Waals surface area contributed by atoms with Gasteiger partial charge in [0.25, 0.3) is 0 Å². The van der Waals surface area contributed by atoms with Gasteiger partial charge in [-0.25, -0.2) is 9.97 Å². The first-order valence-corrected chi connectivity index (χ1v) is 16.1. The fourth-order valence-electron chi connectivity index (χ4n) is 5.95. The van der Waals surface area contributed by atoms with Crippen LogP contribution < -0.4 is 20.4 Å². The van der Waals surface area contributed by atoms with Crippen molar-refractivity contribution in [3.05, 3.63) is 89.8 Å². The number of carbonyl (C=O) groups excluding carboxylic acids is 2. The van der Waals surface area contributed by atoms with Gasteiger partial charge in [0.15, 0.2) is 5.82 Å². The highest BCUT2D eigenvalue weighted by atomic mass is 35.5. The van der Waals surface area contributed by atoms with Crippen LogP contribution >= 0.6 is 11.6 Å². The Hall–Kier alpha value is -4.61. The van der Waals surface area contributed by atoms with Gasteiger partial charge < -0.3 is 29.8 Å². The van der Waals surface area contributed by atoms with Crippen molar-refractivity contribution in [2.75, 3.05) is 80.6 Å². The molecule has 12 heteroatoms. The third-order valence-corrected chi connectivity index (χ3v) is 8.63. The molecule has 0 radical (unpaired) electrons. The van der Waals surface area contributed by atoms with Gasteiger partial charge in [-0.2, -0.15) is 0 Å². The topological polar surface area (TPSA) is 110 Å². The standard InChI is InChI=1S/C34H39ClN8O3/c1-25(44)36-13-14-37-30-24-31(39-33(38-30)26-9-11-27(35)12-10-26)41-17-21-43(22-18-41)34(45)32(29-8-5-23-46-29)42-19-15-40(16-20-42)28-6-3-2-4-7-28/h2-12,23-24,32H,13-22H2,1H3,(H,36,44)(H,37,38,39). The number of aromatic nitrogens is 2. The summed E-state index contributed by atoms with van der Waals surface area (Å²) in [5.74, 6) is 2.66. The zero-order chi connectivity index (χ0) is 31.9. The average molecular weight is 643 g/mol. The maximum atomic E-state index is 14.1. The molecule has 0 bridgehead atoms. The summed E-state index contributed by atoms with van der Waals surface area (Å²) in [5.41, 5.74) is 2.05. The van der Waals surface area contributed by atoms with Gasteiger partial charge in [-0.15, -0.1) is 0 Å². The van der Waals surface area contributed by atoms with E-state index in [0.29, 0.717) is 61.7 Å². The monoisotopic (exact) mass is 642 g/mol. The maximum absolute atomic E-state index is 14.1. The number of nitrogens with one attached hydrogen (secondary N) is 2. The minimum absolute atomic E-state index is 0.0626. The number of halogens is 1. The maximum Gasteiger partial charge on any atom is 0.247 e. The third-order valence-electron chi connectivity index (χ3n) is 8.38. The Labute approximate surface area is 274 Å². The van der Waals surface area contributed by atoms with Gasteiger partial charge in [0.2, 0.25) is 11.8 Å². The molecule has 2 aliphatic heterocycles. The van der Waals surface area contributed by atoms with Crippen molar-refractivity contribution in [2.45, 2.75) is 13.0 Å². The molecule has 1 unspecified atom stereocenters. The predicted octanol–water partition coefficient (Wildman–Crippen LogP) is 4.15. The van der Waals surface area contributed by atoms with Gasteiger partial charge >= 0.3 is 0 Å². The number of para-hydroxylation sites is 1. The van der Waals surface area contributed by atoms with Gasteiger partial charge in [-0.05, 0) is 48.5 Å². The molecule has 0 aliphatic carbocycles. The Balaban J connectivity index is 1.14. The van der Waals surface area contributed by atoms with Crippen LogP contribution in [0.4, 0.5) is 17.3 Å². The molecule has 2 aromatic heterocycles. The average Bonchev–Trinajstić information content (AvgIpc) is 3.62. The SMILES string of the molecule is CC(=O)NCCNc1cc(N2CCN(C(=O)C(c3ccco3)N3CCN(c4ccccc4)CC3)CC2)nc(-c2ccc(Cl)cc2)n1. The van der Waals surface area contributed by atoms with Crippen LogP contribution in [0.1, 0.15) is 18.7 Å². The van der Waals surface area contributed by atoms with Crippen LogP contribution in [0.3, 0.4) is 0 Å². The Kier molecular flexibility index (Phi) is 10.00. The quantitative estimate of drug-likeness (QED) is 0.247. The number of amides is 2. The second-order valence-corrected chi connectivity index (χ2v) is 11.9. The number of anilines is 3. The molecule has 11 nitrogen and oxygen atoms in total. The Morgan fingerprint density at radius 1 is 0.848 bits per heavy atom. The van der Waals surface area contributed by atoms with Gasteiger partial charge in [0.05, 0.1) is 6.26 Å². The van der Waals surface area contributed by atoms with E-state index >= 15 is 0 Å². The fraction of sp³-hybridized carbons (Fsp3) is 0.353. The first kappa shape index (κ1) is 31.4. The molecule has 6 rings (SSSR count). The highest BCUT2D eigenvalue weighted by Gasteiger charge is 2.36. The second-order valence-electron chi connectivity index (χ2n) is 11.4. The van der Waals surface area contributed by atoms with Crippen LogP contribution in [-0.2, 0) is 9.59 Å². The fourth-order valence-corrected chi connectivity index (χ4v) is 6.08. The normalized spacial score (nSPS) is 16.3. The first-order chi connectivity index (χ1) is 22.4. The smallest absolute Gasteiger partial charge is 0.247 e. The Morgan fingerprint density at radius 2 is 1.57 bits per heavy atom. The minimum atomic E-state index is -0.463. The molecule has 2 fully saturated rings. The lowest BCUT2D eigenvalue weighted by molar-refractivity contribution is -0.138. The van der Waals surface area contributed by atoms with E-state index in [9.17, 15) is 9.59 Å². The van der Waals surface area contributed by atoms with Crippen LogP contribution in [0.15, 0.2) is 83.5 Å². The lowest BCUT2D eigenvalue weighted by Crippen LogP contribution is -2.55.